The molecule has 3 radical (unpaired) electrons. The first-order valence-corrected chi connectivity index (χ1v) is 3.06. The first kappa shape index (κ1) is 7.00. The number of unbranched alkanes of at least 4 members (excludes halogenated alkanes) is 4. The summed E-state index contributed by atoms with van der Waals surface area (Å²) in [6.45, 7) is 8.97. The fourth-order valence-electron chi connectivity index (χ4n) is 0.552. The Hall–Kier alpha value is 0. The predicted molar refractivity (Wildman–Crippen MR) is 32.0 cm³/mol. The Kier molecular flexibility index (Phi) is 6.00. The molecule has 0 amide bonds. The summed E-state index contributed by atoms with van der Waals surface area (Å²) in [6.07, 6.45) is 5.53. The maximum absolute atomic E-state index is 6.78. The van der Waals surface area contributed by atoms with Gasteiger partial charge >= 0.3 is 0 Å². The zero-order chi connectivity index (χ0) is 5.54. The Morgan fingerprint density at radius 3 is 2.29 bits per heavy atom. The van der Waals surface area contributed by atoms with Gasteiger partial charge in [-0.1, -0.05) is 32.6 Å². The minimum atomic E-state index is 0.611. The summed E-state index contributed by atoms with van der Waals surface area (Å²) in [7, 11) is 0. The summed E-state index contributed by atoms with van der Waals surface area (Å²) in [5.41, 5.74) is 0. The van der Waals surface area contributed by atoms with E-state index < -0.39 is 0 Å². The Morgan fingerprint density at radius 2 is 1.86 bits per heavy atom. The van der Waals surface area contributed by atoms with Crippen LogP contribution in [0.1, 0.15) is 39.0 Å². The SMILES string of the molecule is [C]CCCCCC. The van der Waals surface area contributed by atoms with Crippen molar-refractivity contribution in [3.8, 4) is 0 Å². The van der Waals surface area contributed by atoms with Crippen LogP contribution in [0, 0.1) is 6.92 Å². The summed E-state index contributed by atoms with van der Waals surface area (Å²) in [5, 5.41) is 0. The van der Waals surface area contributed by atoms with Crippen molar-refractivity contribution in [1.29, 1.82) is 0 Å². The molecule has 41 valence electrons. The Balaban J connectivity index is 2.45. The van der Waals surface area contributed by atoms with E-state index >= 15 is 0 Å². The minimum Gasteiger partial charge on any atom is -0.0654 e. The van der Waals surface area contributed by atoms with Crippen molar-refractivity contribution in [3.63, 3.8) is 0 Å². The molecule has 0 rings (SSSR count). The summed E-state index contributed by atoms with van der Waals surface area (Å²) >= 11 is 0. The fraction of sp³-hybridized carbons (Fsp3) is 0.857. The van der Waals surface area contributed by atoms with Crippen molar-refractivity contribution < 1.29 is 0 Å². The molecule has 0 aliphatic heterocycles. The third-order valence-corrected chi connectivity index (χ3v) is 1.03. The number of rotatable bonds is 4. The normalized spacial score (nSPS) is 9.43. The van der Waals surface area contributed by atoms with E-state index in [1.54, 1.807) is 0 Å². The summed E-state index contributed by atoms with van der Waals surface area (Å²) in [6, 6.07) is 0. The van der Waals surface area contributed by atoms with Gasteiger partial charge in [0.2, 0.25) is 0 Å². The Labute approximate surface area is 46.9 Å². The summed E-state index contributed by atoms with van der Waals surface area (Å²) in [5.74, 6) is 0. The van der Waals surface area contributed by atoms with Crippen LogP contribution in [0.15, 0.2) is 0 Å². The molecule has 0 N–H and O–H groups in total. The molecule has 0 atom stereocenters. The van der Waals surface area contributed by atoms with Crippen LogP contribution in [-0.4, -0.2) is 0 Å². The third kappa shape index (κ3) is 6.00. The molecule has 0 heterocycles. The first-order valence-electron chi connectivity index (χ1n) is 3.06. The lowest BCUT2D eigenvalue weighted by Crippen LogP contribution is -1.71. The lowest BCUT2D eigenvalue weighted by atomic mass is 10.2. The second-order valence-electron chi connectivity index (χ2n) is 1.81. The van der Waals surface area contributed by atoms with Gasteiger partial charge in [-0.25, -0.2) is 0 Å². The van der Waals surface area contributed by atoms with Crippen LogP contribution in [0.2, 0.25) is 0 Å². The van der Waals surface area contributed by atoms with Crippen LogP contribution < -0.4 is 0 Å². The van der Waals surface area contributed by atoms with Crippen molar-refractivity contribution in [2.45, 2.75) is 39.0 Å². The van der Waals surface area contributed by atoms with Gasteiger partial charge in [0.25, 0.3) is 0 Å². The predicted octanol–water partition coefficient (Wildman–Crippen LogP) is 2.54. The lowest BCUT2D eigenvalue weighted by Gasteiger charge is -1.90. The van der Waals surface area contributed by atoms with Gasteiger partial charge in [-0.15, -0.1) is 0 Å². The number of hydrogen-bond donors (Lipinski definition) is 0. The summed E-state index contributed by atoms with van der Waals surface area (Å²) in [4.78, 5) is 0. The highest BCUT2D eigenvalue weighted by molar-refractivity contribution is 4.41. The van der Waals surface area contributed by atoms with E-state index in [9.17, 15) is 0 Å². The van der Waals surface area contributed by atoms with Crippen LogP contribution in [0.3, 0.4) is 0 Å². The standard InChI is InChI=1S/C7H13/c1-3-5-7-6-4-2/h3-7H2,1H3. The number of hydrogen-bond acceptors (Lipinski definition) is 0. The maximum Gasteiger partial charge on any atom is -0.00936 e. The largest absolute Gasteiger partial charge is 0.0654 e. The zero-order valence-electron chi connectivity index (χ0n) is 5.04. The molecule has 0 nitrogen and oxygen atoms in total. The quantitative estimate of drug-likeness (QED) is 0.473. The second-order valence-corrected chi connectivity index (χ2v) is 1.81. The van der Waals surface area contributed by atoms with Crippen molar-refractivity contribution in [2.75, 3.05) is 0 Å². The van der Waals surface area contributed by atoms with Crippen molar-refractivity contribution in [3.05, 3.63) is 6.92 Å². The first-order chi connectivity index (χ1) is 3.41. The minimum absolute atomic E-state index is 0.611. The Morgan fingerprint density at radius 1 is 1.14 bits per heavy atom. The molecule has 0 saturated heterocycles. The van der Waals surface area contributed by atoms with E-state index in [0.717, 1.165) is 6.42 Å². The molecule has 0 aliphatic carbocycles. The molecule has 0 aromatic carbocycles. The molecule has 0 aliphatic rings. The molecule has 0 bridgehead atoms. The van der Waals surface area contributed by atoms with E-state index in [4.69, 9.17) is 6.92 Å². The highest BCUT2D eigenvalue weighted by Crippen LogP contribution is 1.99. The Bertz CT molecular complexity index is 19.2. The fourth-order valence-corrected chi connectivity index (χ4v) is 0.552. The summed E-state index contributed by atoms with van der Waals surface area (Å²) < 4.78 is 0. The zero-order valence-corrected chi connectivity index (χ0v) is 5.04. The van der Waals surface area contributed by atoms with Gasteiger partial charge in [-0.3, -0.25) is 0 Å². The lowest BCUT2D eigenvalue weighted by molar-refractivity contribution is 0.673. The molecule has 7 heavy (non-hydrogen) atoms. The molecule has 0 fully saturated rings. The second kappa shape index (κ2) is 6.00. The monoisotopic (exact) mass is 97.1 g/mol. The van der Waals surface area contributed by atoms with E-state index in [2.05, 4.69) is 6.92 Å². The van der Waals surface area contributed by atoms with Crippen molar-refractivity contribution in [1.82, 2.24) is 0 Å². The highest BCUT2D eigenvalue weighted by atomic mass is 13.9. The van der Waals surface area contributed by atoms with Gasteiger partial charge in [0.1, 0.15) is 0 Å². The average molecular weight is 97.2 g/mol. The van der Waals surface area contributed by atoms with Gasteiger partial charge in [0, 0.05) is 0 Å². The average Bonchev–Trinajstić information content (AvgIpc) is 1.69. The van der Waals surface area contributed by atoms with E-state index in [-0.39, 0.29) is 0 Å². The van der Waals surface area contributed by atoms with Gasteiger partial charge in [-0.2, -0.15) is 0 Å². The van der Waals surface area contributed by atoms with Gasteiger partial charge in [0.15, 0.2) is 0 Å². The van der Waals surface area contributed by atoms with Gasteiger partial charge in [0.05, 0.1) is 0 Å². The van der Waals surface area contributed by atoms with Crippen LogP contribution in [0.4, 0.5) is 0 Å². The van der Waals surface area contributed by atoms with Gasteiger partial charge < -0.3 is 0 Å². The van der Waals surface area contributed by atoms with Crippen molar-refractivity contribution >= 4 is 0 Å². The molecule has 0 aromatic rings. The van der Waals surface area contributed by atoms with E-state index in [1.807, 2.05) is 0 Å². The molecule has 0 saturated carbocycles. The smallest absolute Gasteiger partial charge is 0.00936 e. The molecule has 0 unspecified atom stereocenters. The molecule has 0 spiro atoms. The molecule has 0 heteroatoms. The molecular weight excluding hydrogens is 84.1 g/mol. The van der Waals surface area contributed by atoms with Crippen LogP contribution in [0.5, 0.6) is 0 Å². The third-order valence-electron chi connectivity index (χ3n) is 1.03. The van der Waals surface area contributed by atoms with Crippen LogP contribution in [-0.2, 0) is 0 Å². The van der Waals surface area contributed by atoms with Crippen LogP contribution >= 0.6 is 0 Å². The molecule has 0 aromatic heterocycles. The van der Waals surface area contributed by atoms with E-state index in [1.165, 1.54) is 19.3 Å². The molecular formula is C7H13. The highest BCUT2D eigenvalue weighted by Gasteiger charge is 1.80. The maximum atomic E-state index is 6.78. The van der Waals surface area contributed by atoms with Crippen molar-refractivity contribution in [2.24, 2.45) is 0 Å². The van der Waals surface area contributed by atoms with Crippen LogP contribution in [0.25, 0.3) is 0 Å². The topological polar surface area (TPSA) is 0 Å². The van der Waals surface area contributed by atoms with Gasteiger partial charge in [-0.05, 0) is 13.3 Å². The van der Waals surface area contributed by atoms with E-state index in [0.29, 0.717) is 6.42 Å².